The van der Waals surface area contributed by atoms with Gasteiger partial charge in [0, 0.05) is 18.8 Å². The molecular formula is C28H30FN3O7. The fraction of sp³-hybridized carbons (Fsp3) is 0.321. The fourth-order valence-electron chi connectivity index (χ4n) is 4.33. The Kier molecular flexibility index (Phi) is 9.16. The van der Waals surface area contributed by atoms with Crippen molar-refractivity contribution >= 4 is 23.4 Å². The summed E-state index contributed by atoms with van der Waals surface area (Å²) in [5.74, 6) is -1.40. The normalized spacial score (nSPS) is 15.3. The number of anilines is 1. The van der Waals surface area contributed by atoms with E-state index in [1.165, 1.54) is 55.7 Å². The highest BCUT2D eigenvalue weighted by Crippen LogP contribution is 2.34. The van der Waals surface area contributed by atoms with E-state index >= 15 is 0 Å². The van der Waals surface area contributed by atoms with Crippen LogP contribution in [0.1, 0.15) is 35.0 Å². The van der Waals surface area contributed by atoms with Gasteiger partial charge in [-0.05, 0) is 66.9 Å². The molecule has 39 heavy (non-hydrogen) atoms. The van der Waals surface area contributed by atoms with Crippen molar-refractivity contribution in [3.05, 3.63) is 78.0 Å². The maximum atomic E-state index is 13.8. The van der Waals surface area contributed by atoms with E-state index in [2.05, 4.69) is 10.6 Å². The van der Waals surface area contributed by atoms with Crippen LogP contribution in [0.25, 0.3) is 0 Å². The number of furan rings is 1. The Morgan fingerprint density at radius 1 is 1.05 bits per heavy atom. The molecule has 2 atom stereocenters. The van der Waals surface area contributed by atoms with Gasteiger partial charge in [-0.1, -0.05) is 6.07 Å². The van der Waals surface area contributed by atoms with Gasteiger partial charge in [-0.25, -0.2) is 4.39 Å². The summed E-state index contributed by atoms with van der Waals surface area (Å²) in [6.07, 6.45) is 2.91. The standard InChI is InChI=1S/C28H30FN3O7/c1-36-22-12-7-18(15-24(22)37-2)26(28(35)30-16-21-5-3-13-38-21)32(20-10-8-19(29)9-11-20)25(33)17-31-27(34)23-6-4-14-39-23/h4,6-12,14-15,21,26H,3,5,13,16-17H2,1-2H3,(H,30,35)(H,31,34)/t21-,26+/m1/s1. The van der Waals surface area contributed by atoms with Crippen molar-refractivity contribution in [2.24, 2.45) is 0 Å². The summed E-state index contributed by atoms with van der Waals surface area (Å²) in [6, 6.07) is 11.8. The van der Waals surface area contributed by atoms with Crippen molar-refractivity contribution in [3.63, 3.8) is 0 Å². The van der Waals surface area contributed by atoms with Gasteiger partial charge >= 0.3 is 0 Å². The zero-order valence-electron chi connectivity index (χ0n) is 21.6. The largest absolute Gasteiger partial charge is 0.493 e. The number of hydrogen-bond donors (Lipinski definition) is 2. The second-order valence-corrected chi connectivity index (χ2v) is 8.80. The van der Waals surface area contributed by atoms with E-state index in [0.29, 0.717) is 23.7 Å². The van der Waals surface area contributed by atoms with Crippen molar-refractivity contribution in [3.8, 4) is 11.5 Å². The minimum atomic E-state index is -1.20. The molecule has 1 saturated heterocycles. The van der Waals surface area contributed by atoms with Crippen LogP contribution >= 0.6 is 0 Å². The molecule has 0 spiro atoms. The molecule has 2 N–H and O–H groups in total. The molecular weight excluding hydrogens is 509 g/mol. The first kappa shape index (κ1) is 27.6. The van der Waals surface area contributed by atoms with E-state index in [9.17, 15) is 18.8 Å². The first-order chi connectivity index (χ1) is 18.9. The van der Waals surface area contributed by atoms with Crippen LogP contribution in [0.4, 0.5) is 10.1 Å². The lowest BCUT2D eigenvalue weighted by atomic mass is 10.0. The highest BCUT2D eigenvalue weighted by molar-refractivity contribution is 6.04. The number of rotatable bonds is 11. The molecule has 0 bridgehead atoms. The lowest BCUT2D eigenvalue weighted by Gasteiger charge is -2.32. The molecule has 10 nitrogen and oxygen atoms in total. The van der Waals surface area contributed by atoms with Crippen LogP contribution in [0.15, 0.2) is 65.3 Å². The number of amides is 3. The molecule has 1 fully saturated rings. The molecule has 3 amide bonds. The minimum Gasteiger partial charge on any atom is -0.493 e. The van der Waals surface area contributed by atoms with E-state index in [0.717, 1.165) is 12.8 Å². The summed E-state index contributed by atoms with van der Waals surface area (Å²) in [5, 5.41) is 5.40. The van der Waals surface area contributed by atoms with Crippen molar-refractivity contribution in [2.45, 2.75) is 25.0 Å². The van der Waals surface area contributed by atoms with Crippen LogP contribution in [0.5, 0.6) is 11.5 Å². The van der Waals surface area contributed by atoms with Gasteiger partial charge in [0.25, 0.3) is 5.91 Å². The molecule has 2 aromatic carbocycles. The molecule has 0 aliphatic carbocycles. The number of halogens is 1. The summed E-state index contributed by atoms with van der Waals surface area (Å²) >= 11 is 0. The number of methoxy groups -OCH3 is 2. The number of benzene rings is 2. The molecule has 4 rings (SSSR count). The summed E-state index contributed by atoms with van der Waals surface area (Å²) in [5.41, 5.74) is 0.660. The molecule has 206 valence electrons. The van der Waals surface area contributed by atoms with E-state index in [-0.39, 0.29) is 24.1 Å². The Labute approximate surface area is 225 Å². The Hall–Kier alpha value is -4.38. The van der Waals surface area contributed by atoms with Crippen LogP contribution in [0.2, 0.25) is 0 Å². The van der Waals surface area contributed by atoms with Gasteiger partial charge in [0.2, 0.25) is 11.8 Å². The highest BCUT2D eigenvalue weighted by Gasteiger charge is 2.34. The van der Waals surface area contributed by atoms with Crippen molar-refractivity contribution in [1.82, 2.24) is 10.6 Å². The predicted octanol–water partition coefficient (Wildman–Crippen LogP) is 3.24. The second-order valence-electron chi connectivity index (χ2n) is 8.80. The van der Waals surface area contributed by atoms with Crippen LogP contribution < -0.4 is 25.0 Å². The maximum absolute atomic E-state index is 13.8. The second kappa shape index (κ2) is 12.9. The van der Waals surface area contributed by atoms with Gasteiger partial charge in [0.05, 0.1) is 33.1 Å². The van der Waals surface area contributed by atoms with Gasteiger partial charge in [-0.3, -0.25) is 19.3 Å². The molecule has 1 aliphatic rings. The number of ether oxygens (including phenoxy) is 3. The van der Waals surface area contributed by atoms with Crippen LogP contribution in [-0.4, -0.2) is 57.7 Å². The third-order valence-corrected chi connectivity index (χ3v) is 6.28. The van der Waals surface area contributed by atoms with Gasteiger partial charge < -0.3 is 29.3 Å². The zero-order valence-corrected chi connectivity index (χ0v) is 21.6. The van der Waals surface area contributed by atoms with Crippen molar-refractivity contribution in [2.75, 3.05) is 38.8 Å². The summed E-state index contributed by atoms with van der Waals surface area (Å²) in [6.45, 7) is 0.415. The Morgan fingerprint density at radius 3 is 2.46 bits per heavy atom. The van der Waals surface area contributed by atoms with Gasteiger partial charge in [-0.15, -0.1) is 0 Å². The smallest absolute Gasteiger partial charge is 0.287 e. The maximum Gasteiger partial charge on any atom is 0.287 e. The van der Waals surface area contributed by atoms with E-state index in [1.54, 1.807) is 24.3 Å². The highest BCUT2D eigenvalue weighted by atomic mass is 19.1. The molecule has 3 aromatic rings. The van der Waals surface area contributed by atoms with E-state index in [1.807, 2.05) is 0 Å². The van der Waals surface area contributed by atoms with Crippen molar-refractivity contribution in [1.29, 1.82) is 0 Å². The third-order valence-electron chi connectivity index (χ3n) is 6.28. The fourth-order valence-corrected chi connectivity index (χ4v) is 4.33. The topological polar surface area (TPSA) is 119 Å². The average molecular weight is 540 g/mol. The van der Waals surface area contributed by atoms with Crippen LogP contribution in [0.3, 0.4) is 0 Å². The minimum absolute atomic E-state index is 0.0295. The molecule has 2 heterocycles. The average Bonchev–Trinajstić information content (AvgIpc) is 3.68. The summed E-state index contributed by atoms with van der Waals surface area (Å²) in [7, 11) is 2.95. The first-order valence-corrected chi connectivity index (χ1v) is 12.4. The number of carbonyl (C=O) groups excluding carboxylic acids is 3. The molecule has 11 heteroatoms. The molecule has 1 aliphatic heterocycles. The number of nitrogens with one attached hydrogen (secondary N) is 2. The quantitative estimate of drug-likeness (QED) is 0.384. The summed E-state index contributed by atoms with van der Waals surface area (Å²) in [4.78, 5) is 41.1. The monoisotopic (exact) mass is 539 g/mol. The van der Waals surface area contributed by atoms with Crippen LogP contribution in [0, 0.1) is 5.82 Å². The van der Waals surface area contributed by atoms with Gasteiger partial charge in [0.1, 0.15) is 11.9 Å². The van der Waals surface area contributed by atoms with Gasteiger partial charge in [-0.2, -0.15) is 0 Å². The van der Waals surface area contributed by atoms with Gasteiger partial charge in [0.15, 0.2) is 17.3 Å². The Bertz CT molecular complexity index is 1270. The number of nitrogens with zero attached hydrogens (tertiary/aromatic N) is 1. The molecule has 0 radical (unpaired) electrons. The molecule has 0 saturated carbocycles. The Morgan fingerprint density at radius 2 is 1.82 bits per heavy atom. The van der Waals surface area contributed by atoms with Crippen molar-refractivity contribution < 1.29 is 37.4 Å². The SMILES string of the molecule is COc1ccc([C@@H](C(=O)NC[C@H]2CCCO2)N(C(=O)CNC(=O)c2ccco2)c2ccc(F)cc2)cc1OC. The molecule has 0 unspecified atom stereocenters. The lowest BCUT2D eigenvalue weighted by molar-refractivity contribution is -0.126. The summed E-state index contributed by atoms with van der Waals surface area (Å²) < 4.78 is 35.3. The van der Waals surface area contributed by atoms with E-state index in [4.69, 9.17) is 18.6 Å². The van der Waals surface area contributed by atoms with E-state index < -0.39 is 36.1 Å². The Balaban J connectivity index is 1.70. The zero-order chi connectivity index (χ0) is 27.8. The number of carbonyl (C=O) groups is 3. The molecule has 1 aromatic heterocycles. The predicted molar refractivity (Wildman–Crippen MR) is 139 cm³/mol. The third kappa shape index (κ3) is 6.74. The lowest BCUT2D eigenvalue weighted by Crippen LogP contribution is -2.48. The number of hydrogen-bond acceptors (Lipinski definition) is 7. The van der Waals surface area contributed by atoms with Crippen LogP contribution in [-0.2, 0) is 14.3 Å². The first-order valence-electron chi connectivity index (χ1n) is 12.4.